The number of carbonyl (C=O) groups excluding carboxylic acids is 2. The van der Waals surface area contributed by atoms with E-state index < -0.39 is 0 Å². The summed E-state index contributed by atoms with van der Waals surface area (Å²) < 4.78 is 0.936. The number of nitrogens with one attached hydrogen (secondary N) is 1. The van der Waals surface area contributed by atoms with Gasteiger partial charge in [0, 0.05) is 43.3 Å². The summed E-state index contributed by atoms with van der Waals surface area (Å²) >= 11 is 3.37. The zero-order valence-electron chi connectivity index (χ0n) is 11.4. The molecule has 1 aliphatic rings. The van der Waals surface area contributed by atoms with Gasteiger partial charge in [-0.2, -0.15) is 0 Å². The van der Waals surface area contributed by atoms with Crippen molar-refractivity contribution in [2.45, 2.75) is 6.92 Å². The van der Waals surface area contributed by atoms with Gasteiger partial charge in [-0.25, -0.2) is 0 Å². The van der Waals surface area contributed by atoms with Crippen molar-refractivity contribution >= 4 is 33.4 Å². The first-order valence-electron chi connectivity index (χ1n) is 6.58. The van der Waals surface area contributed by atoms with Gasteiger partial charge in [0.2, 0.25) is 11.8 Å². The van der Waals surface area contributed by atoms with Crippen LogP contribution in [-0.4, -0.2) is 54.3 Å². The van der Waals surface area contributed by atoms with Crippen LogP contribution in [-0.2, 0) is 9.59 Å². The zero-order valence-corrected chi connectivity index (χ0v) is 13.0. The number of nitrogens with zero attached hydrogens (tertiary/aromatic N) is 2. The van der Waals surface area contributed by atoms with Crippen molar-refractivity contribution < 1.29 is 9.59 Å². The minimum absolute atomic E-state index is 0.0284. The van der Waals surface area contributed by atoms with Gasteiger partial charge < -0.3 is 10.2 Å². The van der Waals surface area contributed by atoms with Crippen LogP contribution in [0.15, 0.2) is 28.7 Å². The number of halogens is 1. The Labute approximate surface area is 127 Å². The molecule has 0 aromatic heterocycles. The fraction of sp³-hybridized carbons (Fsp3) is 0.429. The molecule has 2 amide bonds. The SMILES string of the molecule is CC(=O)N1CCN(CC(=O)Nc2cccc(Br)c2)CC1. The maximum atomic E-state index is 12.0. The Hall–Kier alpha value is -1.40. The molecule has 1 aromatic rings. The molecule has 5 nitrogen and oxygen atoms in total. The quantitative estimate of drug-likeness (QED) is 0.909. The van der Waals surface area contributed by atoms with Crippen molar-refractivity contribution in [3.63, 3.8) is 0 Å². The highest BCUT2D eigenvalue weighted by molar-refractivity contribution is 9.10. The van der Waals surface area contributed by atoms with Crippen molar-refractivity contribution in [2.75, 3.05) is 38.0 Å². The molecule has 1 fully saturated rings. The molecule has 1 N–H and O–H groups in total. The van der Waals surface area contributed by atoms with Gasteiger partial charge in [0.05, 0.1) is 6.54 Å². The summed E-state index contributed by atoms with van der Waals surface area (Å²) in [7, 11) is 0. The number of carbonyl (C=O) groups is 2. The van der Waals surface area contributed by atoms with E-state index in [1.54, 1.807) is 6.92 Å². The number of piperazine rings is 1. The second-order valence-electron chi connectivity index (χ2n) is 4.84. The van der Waals surface area contributed by atoms with E-state index in [2.05, 4.69) is 26.1 Å². The standard InChI is InChI=1S/C14H18BrN3O2/c1-11(19)18-7-5-17(6-8-18)10-14(20)16-13-4-2-3-12(15)9-13/h2-4,9H,5-8,10H2,1H3,(H,16,20). The number of anilines is 1. The molecular weight excluding hydrogens is 322 g/mol. The number of hydrogen-bond donors (Lipinski definition) is 1. The van der Waals surface area contributed by atoms with Crippen molar-refractivity contribution in [1.29, 1.82) is 0 Å². The molecule has 0 radical (unpaired) electrons. The number of hydrogen-bond acceptors (Lipinski definition) is 3. The average Bonchev–Trinajstić information content (AvgIpc) is 2.39. The monoisotopic (exact) mass is 339 g/mol. The van der Waals surface area contributed by atoms with E-state index in [4.69, 9.17) is 0 Å². The Morgan fingerprint density at radius 1 is 1.25 bits per heavy atom. The molecule has 1 aliphatic heterocycles. The first kappa shape index (κ1) is 15.0. The molecule has 1 heterocycles. The highest BCUT2D eigenvalue weighted by Crippen LogP contribution is 2.15. The predicted molar refractivity (Wildman–Crippen MR) is 81.5 cm³/mol. The highest BCUT2D eigenvalue weighted by atomic mass is 79.9. The van der Waals surface area contributed by atoms with Crippen LogP contribution < -0.4 is 5.32 Å². The van der Waals surface area contributed by atoms with E-state index in [9.17, 15) is 9.59 Å². The summed E-state index contributed by atoms with van der Waals surface area (Å²) in [6.07, 6.45) is 0. The molecule has 2 rings (SSSR count). The van der Waals surface area contributed by atoms with Gasteiger partial charge in [0.1, 0.15) is 0 Å². The minimum atomic E-state index is -0.0284. The lowest BCUT2D eigenvalue weighted by molar-refractivity contribution is -0.130. The lowest BCUT2D eigenvalue weighted by Gasteiger charge is -2.33. The van der Waals surface area contributed by atoms with Crippen LogP contribution in [0.4, 0.5) is 5.69 Å². The van der Waals surface area contributed by atoms with Crippen molar-refractivity contribution in [3.05, 3.63) is 28.7 Å². The Morgan fingerprint density at radius 2 is 1.95 bits per heavy atom. The summed E-state index contributed by atoms with van der Waals surface area (Å²) in [5, 5.41) is 2.87. The fourth-order valence-electron chi connectivity index (χ4n) is 2.19. The molecule has 0 bridgehead atoms. The van der Waals surface area contributed by atoms with Crippen LogP contribution in [0.3, 0.4) is 0 Å². The first-order valence-corrected chi connectivity index (χ1v) is 7.37. The highest BCUT2D eigenvalue weighted by Gasteiger charge is 2.20. The van der Waals surface area contributed by atoms with Crippen LogP contribution >= 0.6 is 15.9 Å². The van der Waals surface area contributed by atoms with Crippen LogP contribution in [0.2, 0.25) is 0 Å². The Kier molecular flexibility index (Phi) is 5.14. The van der Waals surface area contributed by atoms with Gasteiger partial charge in [0.15, 0.2) is 0 Å². The molecule has 20 heavy (non-hydrogen) atoms. The van der Waals surface area contributed by atoms with Gasteiger partial charge in [0.25, 0.3) is 0 Å². The van der Waals surface area contributed by atoms with Crippen molar-refractivity contribution in [2.24, 2.45) is 0 Å². The number of benzene rings is 1. The maximum Gasteiger partial charge on any atom is 0.238 e. The first-order chi connectivity index (χ1) is 9.54. The Morgan fingerprint density at radius 3 is 2.55 bits per heavy atom. The van der Waals surface area contributed by atoms with E-state index >= 15 is 0 Å². The summed E-state index contributed by atoms with van der Waals surface area (Å²) in [4.78, 5) is 27.1. The Bertz CT molecular complexity index is 499. The molecule has 1 saturated heterocycles. The van der Waals surface area contributed by atoms with Crippen LogP contribution in [0, 0.1) is 0 Å². The van der Waals surface area contributed by atoms with Crippen molar-refractivity contribution in [1.82, 2.24) is 9.80 Å². The van der Waals surface area contributed by atoms with Gasteiger partial charge in [-0.15, -0.1) is 0 Å². The third-order valence-corrected chi connectivity index (χ3v) is 3.79. The lowest BCUT2D eigenvalue weighted by Crippen LogP contribution is -2.49. The van der Waals surface area contributed by atoms with E-state index in [0.717, 1.165) is 23.2 Å². The Balaban J connectivity index is 1.80. The summed E-state index contributed by atoms with van der Waals surface area (Å²) in [5.41, 5.74) is 0.784. The third-order valence-electron chi connectivity index (χ3n) is 3.29. The summed E-state index contributed by atoms with van der Waals surface area (Å²) in [6.45, 7) is 4.81. The predicted octanol–water partition coefficient (Wildman–Crippen LogP) is 1.55. The van der Waals surface area contributed by atoms with E-state index in [1.807, 2.05) is 29.2 Å². The fourth-order valence-corrected chi connectivity index (χ4v) is 2.59. The van der Waals surface area contributed by atoms with E-state index in [1.165, 1.54) is 0 Å². The molecule has 0 aliphatic carbocycles. The van der Waals surface area contributed by atoms with Gasteiger partial charge >= 0.3 is 0 Å². The average molecular weight is 340 g/mol. The summed E-state index contributed by atoms with van der Waals surface area (Å²) in [5.74, 6) is 0.0719. The van der Waals surface area contributed by atoms with Gasteiger partial charge in [-0.05, 0) is 18.2 Å². The molecule has 6 heteroatoms. The molecule has 0 saturated carbocycles. The van der Waals surface area contributed by atoms with Gasteiger partial charge in [-0.3, -0.25) is 14.5 Å². The molecule has 1 aromatic carbocycles. The smallest absolute Gasteiger partial charge is 0.238 e. The van der Waals surface area contributed by atoms with Gasteiger partial charge in [-0.1, -0.05) is 22.0 Å². The molecular formula is C14H18BrN3O2. The molecule has 0 unspecified atom stereocenters. The zero-order chi connectivity index (χ0) is 14.5. The normalized spacial score (nSPS) is 16.0. The second kappa shape index (κ2) is 6.85. The second-order valence-corrected chi connectivity index (χ2v) is 5.76. The molecule has 0 spiro atoms. The number of rotatable bonds is 3. The number of amides is 2. The molecule has 0 atom stereocenters. The van der Waals surface area contributed by atoms with Crippen LogP contribution in [0.25, 0.3) is 0 Å². The third kappa shape index (κ3) is 4.31. The van der Waals surface area contributed by atoms with E-state index in [0.29, 0.717) is 19.6 Å². The molecule has 108 valence electrons. The largest absolute Gasteiger partial charge is 0.340 e. The minimum Gasteiger partial charge on any atom is -0.340 e. The van der Waals surface area contributed by atoms with Crippen LogP contribution in [0.1, 0.15) is 6.92 Å². The lowest BCUT2D eigenvalue weighted by atomic mass is 10.3. The topological polar surface area (TPSA) is 52.7 Å². The van der Waals surface area contributed by atoms with E-state index in [-0.39, 0.29) is 11.8 Å². The van der Waals surface area contributed by atoms with Crippen molar-refractivity contribution in [3.8, 4) is 0 Å². The van der Waals surface area contributed by atoms with Crippen LogP contribution in [0.5, 0.6) is 0 Å². The summed E-state index contributed by atoms with van der Waals surface area (Å²) in [6, 6.07) is 7.52. The maximum absolute atomic E-state index is 12.0.